The van der Waals surface area contributed by atoms with Gasteiger partial charge in [0.05, 0.1) is 4.92 Å². The van der Waals surface area contributed by atoms with Crippen LogP contribution in [0.25, 0.3) is 0 Å². The van der Waals surface area contributed by atoms with Crippen molar-refractivity contribution in [2.75, 3.05) is 31.1 Å². The van der Waals surface area contributed by atoms with Crippen LogP contribution < -0.4 is 16.0 Å². The highest BCUT2D eigenvalue weighted by Gasteiger charge is 2.23. The highest BCUT2D eigenvalue weighted by Crippen LogP contribution is 2.31. The first-order chi connectivity index (χ1) is 10.1. The average Bonchev–Trinajstić information content (AvgIpc) is 3.00. The monoisotopic (exact) mass is 292 g/mol. The first kappa shape index (κ1) is 15.2. The molecule has 0 radical (unpaired) electrons. The third-order valence-corrected chi connectivity index (χ3v) is 3.55. The Morgan fingerprint density at radius 1 is 1.38 bits per heavy atom. The second-order valence-corrected chi connectivity index (χ2v) is 5.05. The predicted octanol–water partition coefficient (Wildman–Crippen LogP) is 1.27. The Balaban J connectivity index is 2.19. The molecule has 1 saturated heterocycles. The lowest BCUT2D eigenvalue weighted by atomic mass is 10.1. The van der Waals surface area contributed by atoms with Gasteiger partial charge in [-0.15, -0.1) is 0 Å². The molecule has 0 unspecified atom stereocenters. The molecule has 0 bridgehead atoms. The van der Waals surface area contributed by atoms with Gasteiger partial charge in [0.15, 0.2) is 0 Å². The van der Waals surface area contributed by atoms with E-state index in [0.29, 0.717) is 30.8 Å². The van der Waals surface area contributed by atoms with Crippen LogP contribution in [0.15, 0.2) is 18.2 Å². The number of rotatable bonds is 6. The zero-order valence-electron chi connectivity index (χ0n) is 11.9. The van der Waals surface area contributed by atoms with E-state index in [1.54, 1.807) is 12.1 Å². The number of amides is 1. The van der Waals surface area contributed by atoms with E-state index in [-0.39, 0.29) is 11.6 Å². The number of carbonyl (C=O) groups excluding carboxylic acids is 1. The first-order valence-corrected chi connectivity index (χ1v) is 7.15. The van der Waals surface area contributed by atoms with Gasteiger partial charge < -0.3 is 16.0 Å². The van der Waals surface area contributed by atoms with Gasteiger partial charge in [-0.3, -0.25) is 14.9 Å². The van der Waals surface area contributed by atoms with E-state index < -0.39 is 4.92 Å². The molecule has 7 heteroatoms. The summed E-state index contributed by atoms with van der Waals surface area (Å²) in [6, 6.07) is 4.66. The van der Waals surface area contributed by atoms with E-state index in [1.165, 1.54) is 6.07 Å². The van der Waals surface area contributed by atoms with Gasteiger partial charge in [-0.2, -0.15) is 0 Å². The Labute approximate surface area is 123 Å². The molecule has 3 N–H and O–H groups in total. The highest BCUT2D eigenvalue weighted by atomic mass is 16.6. The van der Waals surface area contributed by atoms with E-state index >= 15 is 0 Å². The van der Waals surface area contributed by atoms with Crippen molar-refractivity contribution in [1.82, 2.24) is 5.32 Å². The molecule has 1 aliphatic heterocycles. The summed E-state index contributed by atoms with van der Waals surface area (Å²) in [5.74, 6) is -0.306. The van der Waals surface area contributed by atoms with Crippen LogP contribution in [0.5, 0.6) is 0 Å². The Kier molecular flexibility index (Phi) is 5.10. The zero-order valence-corrected chi connectivity index (χ0v) is 11.9. The van der Waals surface area contributed by atoms with Crippen molar-refractivity contribution in [3.05, 3.63) is 33.9 Å². The number of nitrogens with zero attached hydrogens (tertiary/aromatic N) is 2. The maximum Gasteiger partial charge on any atom is 0.293 e. The summed E-state index contributed by atoms with van der Waals surface area (Å²) in [5.41, 5.74) is 6.25. The molecule has 7 nitrogen and oxygen atoms in total. The molecule has 0 spiro atoms. The topological polar surface area (TPSA) is 102 Å². The lowest BCUT2D eigenvalue weighted by Gasteiger charge is -2.17. The number of nitrogens with one attached hydrogen (secondary N) is 1. The van der Waals surface area contributed by atoms with Crippen molar-refractivity contribution in [1.29, 1.82) is 0 Å². The number of nitro benzene ring substituents is 1. The molecule has 1 aliphatic rings. The van der Waals surface area contributed by atoms with Gasteiger partial charge in [0.1, 0.15) is 5.69 Å². The maximum atomic E-state index is 11.9. The fraction of sp³-hybridized carbons (Fsp3) is 0.500. The number of hydrogen-bond acceptors (Lipinski definition) is 5. The maximum absolute atomic E-state index is 11.9. The van der Waals surface area contributed by atoms with Crippen LogP contribution in [0.2, 0.25) is 0 Å². The summed E-state index contributed by atoms with van der Waals surface area (Å²) < 4.78 is 0. The van der Waals surface area contributed by atoms with Crippen molar-refractivity contribution < 1.29 is 9.72 Å². The van der Waals surface area contributed by atoms with E-state index in [0.717, 1.165) is 25.9 Å². The summed E-state index contributed by atoms with van der Waals surface area (Å²) >= 11 is 0. The standard InChI is InChI=1S/C14H20N4O3/c15-6-3-7-16-14(19)11-4-5-12(13(10-11)18(20)21)17-8-1-2-9-17/h4-5,10H,1-3,6-9,15H2,(H,16,19). The van der Waals surface area contributed by atoms with Crippen LogP contribution >= 0.6 is 0 Å². The van der Waals surface area contributed by atoms with E-state index in [9.17, 15) is 14.9 Å². The van der Waals surface area contributed by atoms with Crippen molar-refractivity contribution >= 4 is 17.3 Å². The van der Waals surface area contributed by atoms with Crippen molar-refractivity contribution in [2.24, 2.45) is 5.73 Å². The lowest BCUT2D eigenvalue weighted by molar-refractivity contribution is -0.384. The molecule has 1 amide bonds. The van der Waals surface area contributed by atoms with Gasteiger partial charge in [0, 0.05) is 31.3 Å². The molecule has 0 aromatic heterocycles. The molecule has 0 atom stereocenters. The lowest BCUT2D eigenvalue weighted by Crippen LogP contribution is -2.26. The molecule has 0 saturated carbocycles. The SMILES string of the molecule is NCCCNC(=O)c1ccc(N2CCCC2)c([N+](=O)[O-])c1. The fourth-order valence-electron chi connectivity index (χ4n) is 2.44. The molecule has 0 aliphatic carbocycles. The van der Waals surface area contributed by atoms with E-state index in [1.807, 2.05) is 4.90 Å². The van der Waals surface area contributed by atoms with Gasteiger partial charge >= 0.3 is 0 Å². The number of nitro groups is 1. The number of benzene rings is 1. The molecule has 2 rings (SSSR count). The van der Waals surface area contributed by atoms with Gasteiger partial charge in [-0.05, 0) is 37.9 Å². The van der Waals surface area contributed by atoms with Gasteiger partial charge in [-0.1, -0.05) is 0 Å². The molecular formula is C14H20N4O3. The number of hydrogen-bond donors (Lipinski definition) is 2. The predicted molar refractivity (Wildman–Crippen MR) is 80.5 cm³/mol. The second-order valence-electron chi connectivity index (χ2n) is 5.05. The van der Waals surface area contributed by atoms with Crippen molar-refractivity contribution in [2.45, 2.75) is 19.3 Å². The third kappa shape index (κ3) is 3.69. The van der Waals surface area contributed by atoms with Crippen LogP contribution in [-0.2, 0) is 0 Å². The molecule has 21 heavy (non-hydrogen) atoms. The van der Waals surface area contributed by atoms with Crippen LogP contribution in [0.1, 0.15) is 29.6 Å². The van der Waals surface area contributed by atoms with Crippen LogP contribution in [0.3, 0.4) is 0 Å². The average molecular weight is 292 g/mol. The summed E-state index contributed by atoms with van der Waals surface area (Å²) in [4.78, 5) is 24.8. The number of anilines is 1. The van der Waals surface area contributed by atoms with E-state index in [4.69, 9.17) is 5.73 Å². The third-order valence-electron chi connectivity index (χ3n) is 3.55. The van der Waals surface area contributed by atoms with Gasteiger partial charge in [-0.25, -0.2) is 0 Å². The molecule has 1 fully saturated rings. The fourth-order valence-corrected chi connectivity index (χ4v) is 2.44. The Hall–Kier alpha value is -2.15. The minimum Gasteiger partial charge on any atom is -0.366 e. The number of nitrogens with two attached hydrogens (primary N) is 1. The quantitative estimate of drug-likeness (QED) is 0.467. The van der Waals surface area contributed by atoms with Crippen LogP contribution in [0, 0.1) is 10.1 Å². The minimum atomic E-state index is -0.426. The molecule has 114 valence electrons. The van der Waals surface area contributed by atoms with Crippen molar-refractivity contribution in [3.8, 4) is 0 Å². The zero-order chi connectivity index (χ0) is 15.2. The Morgan fingerprint density at radius 2 is 2.10 bits per heavy atom. The summed E-state index contributed by atoms with van der Waals surface area (Å²) in [7, 11) is 0. The second kappa shape index (κ2) is 7.03. The normalized spacial score (nSPS) is 14.2. The van der Waals surface area contributed by atoms with Crippen LogP contribution in [0.4, 0.5) is 11.4 Å². The molecule has 1 heterocycles. The largest absolute Gasteiger partial charge is 0.366 e. The first-order valence-electron chi connectivity index (χ1n) is 7.15. The van der Waals surface area contributed by atoms with E-state index in [2.05, 4.69) is 5.32 Å². The summed E-state index contributed by atoms with van der Waals surface area (Å²) in [5, 5.41) is 13.9. The van der Waals surface area contributed by atoms with Gasteiger partial charge in [0.25, 0.3) is 11.6 Å². The molecular weight excluding hydrogens is 272 g/mol. The number of carbonyl (C=O) groups is 1. The summed E-state index contributed by atoms with van der Waals surface area (Å²) in [6.45, 7) is 2.61. The molecule has 1 aromatic rings. The van der Waals surface area contributed by atoms with Crippen LogP contribution in [-0.4, -0.2) is 37.0 Å². The summed E-state index contributed by atoms with van der Waals surface area (Å²) in [6.07, 6.45) is 2.76. The Morgan fingerprint density at radius 3 is 2.71 bits per heavy atom. The smallest absolute Gasteiger partial charge is 0.293 e. The minimum absolute atomic E-state index is 0.0108. The Bertz CT molecular complexity index is 527. The van der Waals surface area contributed by atoms with Crippen molar-refractivity contribution in [3.63, 3.8) is 0 Å². The highest BCUT2D eigenvalue weighted by molar-refractivity contribution is 5.95. The van der Waals surface area contributed by atoms with Gasteiger partial charge in [0.2, 0.25) is 0 Å². The molecule has 1 aromatic carbocycles.